The van der Waals surface area contributed by atoms with Gasteiger partial charge in [0.05, 0.1) is 18.7 Å². The Labute approximate surface area is 212 Å². The molecule has 6 nitrogen and oxygen atoms in total. The molecule has 9 heteroatoms. The van der Waals surface area contributed by atoms with Crippen LogP contribution in [-0.2, 0) is 20.9 Å². The molecule has 31 heavy (non-hydrogen) atoms. The zero-order chi connectivity index (χ0) is 22.5. The quantitative estimate of drug-likeness (QED) is 0.225. The van der Waals surface area contributed by atoms with Gasteiger partial charge in [-0.15, -0.1) is 0 Å². The van der Waals surface area contributed by atoms with Gasteiger partial charge in [0.1, 0.15) is 18.9 Å². The number of imide groups is 1. The van der Waals surface area contributed by atoms with Crippen molar-refractivity contribution in [1.29, 1.82) is 0 Å². The Morgan fingerprint density at radius 2 is 1.77 bits per heavy atom. The highest BCUT2D eigenvalue weighted by atomic mass is 127. The topological polar surface area (TPSA) is 72.9 Å². The molecule has 2 aromatic rings. The van der Waals surface area contributed by atoms with Gasteiger partial charge in [0.2, 0.25) is 0 Å². The van der Waals surface area contributed by atoms with Crippen molar-refractivity contribution >= 4 is 80.1 Å². The van der Waals surface area contributed by atoms with Crippen LogP contribution in [0.25, 0.3) is 6.08 Å². The molecule has 0 bridgehead atoms. The second-order valence-electron chi connectivity index (χ2n) is 6.66. The number of amides is 2. The summed E-state index contributed by atoms with van der Waals surface area (Å²) in [4.78, 5) is 37.5. The third-order valence-electron chi connectivity index (χ3n) is 4.29. The molecule has 2 aromatic carbocycles. The first-order chi connectivity index (χ1) is 14.8. The second-order valence-corrected chi connectivity index (χ2v) is 9.98. The molecule has 1 heterocycles. The van der Waals surface area contributed by atoms with E-state index in [1.54, 1.807) is 13.0 Å². The van der Waals surface area contributed by atoms with Crippen molar-refractivity contribution in [1.82, 2.24) is 4.90 Å². The minimum Gasteiger partial charge on any atom is -0.487 e. The molecule has 0 spiro atoms. The molecule has 0 radical (unpaired) electrons. The maximum atomic E-state index is 12.6. The highest BCUT2D eigenvalue weighted by Gasteiger charge is 2.36. The van der Waals surface area contributed by atoms with Gasteiger partial charge in [-0.25, -0.2) is 0 Å². The van der Waals surface area contributed by atoms with Gasteiger partial charge in [0, 0.05) is 0 Å². The van der Waals surface area contributed by atoms with Crippen LogP contribution >= 0.6 is 56.9 Å². The van der Waals surface area contributed by atoms with Crippen molar-refractivity contribution in [2.45, 2.75) is 20.5 Å². The zero-order valence-electron chi connectivity index (χ0n) is 16.8. The molecular weight excluding hydrogens is 644 g/mol. The maximum absolute atomic E-state index is 12.6. The highest BCUT2D eigenvalue weighted by Crippen LogP contribution is 2.35. The molecule has 0 aliphatic carbocycles. The van der Waals surface area contributed by atoms with Gasteiger partial charge in [-0.05, 0) is 100 Å². The first-order valence-corrected chi connectivity index (χ1v) is 12.3. The summed E-state index contributed by atoms with van der Waals surface area (Å²) < 4.78 is 12.6. The van der Waals surface area contributed by atoms with Crippen molar-refractivity contribution in [2.75, 3.05) is 13.2 Å². The number of nitrogens with zero attached hydrogens (tertiary/aromatic N) is 1. The Kier molecular flexibility index (Phi) is 8.39. The van der Waals surface area contributed by atoms with Crippen LogP contribution in [0.4, 0.5) is 4.79 Å². The van der Waals surface area contributed by atoms with E-state index < -0.39 is 17.1 Å². The van der Waals surface area contributed by atoms with Gasteiger partial charge in [-0.1, -0.05) is 29.8 Å². The van der Waals surface area contributed by atoms with Crippen molar-refractivity contribution in [2.24, 2.45) is 0 Å². The predicted molar refractivity (Wildman–Crippen MR) is 137 cm³/mol. The Hall–Kier alpha value is -1.60. The summed E-state index contributed by atoms with van der Waals surface area (Å²) in [7, 11) is 0. The SMILES string of the molecule is CCOC(=O)CN1C(=O)S/C(=C\c2cc(I)c(OCc3ccc(C)cc3)c(I)c2)C1=O. The second kappa shape index (κ2) is 10.8. The van der Waals surface area contributed by atoms with E-state index >= 15 is 0 Å². The van der Waals surface area contributed by atoms with Gasteiger partial charge in [0.15, 0.2) is 0 Å². The number of rotatable bonds is 7. The molecule has 0 aromatic heterocycles. The molecule has 2 amide bonds. The molecule has 162 valence electrons. The minimum absolute atomic E-state index is 0.195. The molecule has 0 N–H and O–H groups in total. The number of carbonyl (C=O) groups excluding carboxylic acids is 3. The fraction of sp³-hybridized carbons (Fsp3) is 0.227. The van der Waals surface area contributed by atoms with Crippen molar-refractivity contribution in [3.63, 3.8) is 0 Å². The monoisotopic (exact) mass is 663 g/mol. The predicted octanol–water partition coefficient (Wildman–Crippen LogP) is 5.38. The Morgan fingerprint density at radius 1 is 1.13 bits per heavy atom. The van der Waals surface area contributed by atoms with Gasteiger partial charge in [-0.3, -0.25) is 19.3 Å². The van der Waals surface area contributed by atoms with Gasteiger partial charge in [0.25, 0.3) is 11.1 Å². The number of hydrogen-bond donors (Lipinski definition) is 0. The number of hydrogen-bond acceptors (Lipinski definition) is 6. The molecule has 1 aliphatic rings. The Morgan fingerprint density at radius 3 is 2.39 bits per heavy atom. The summed E-state index contributed by atoms with van der Waals surface area (Å²) >= 11 is 5.21. The lowest BCUT2D eigenvalue weighted by molar-refractivity contribution is -0.145. The van der Waals surface area contributed by atoms with Crippen LogP contribution in [0.5, 0.6) is 5.75 Å². The third-order valence-corrected chi connectivity index (χ3v) is 6.80. The molecule has 0 saturated carbocycles. The minimum atomic E-state index is -0.606. The first-order valence-electron chi connectivity index (χ1n) is 9.37. The lowest BCUT2D eigenvalue weighted by Crippen LogP contribution is -2.34. The van der Waals surface area contributed by atoms with E-state index in [4.69, 9.17) is 9.47 Å². The highest BCUT2D eigenvalue weighted by molar-refractivity contribution is 14.1. The number of carbonyl (C=O) groups is 3. The van der Waals surface area contributed by atoms with E-state index in [1.807, 2.05) is 43.3 Å². The molecule has 1 fully saturated rings. The Balaban J connectivity index is 1.74. The first kappa shape index (κ1) is 24.1. The number of aryl methyl sites for hydroxylation is 1. The fourth-order valence-corrected chi connectivity index (χ4v) is 5.73. The normalized spacial score (nSPS) is 15.0. The summed E-state index contributed by atoms with van der Waals surface area (Å²) in [6, 6.07) is 12.0. The van der Waals surface area contributed by atoms with Crippen LogP contribution in [0.15, 0.2) is 41.3 Å². The summed E-state index contributed by atoms with van der Waals surface area (Å²) in [6.45, 7) is 3.99. The molecule has 1 aliphatic heterocycles. The number of ether oxygens (including phenoxy) is 2. The number of halogens is 2. The van der Waals surface area contributed by atoms with Crippen LogP contribution in [-0.4, -0.2) is 35.2 Å². The average Bonchev–Trinajstić information content (AvgIpc) is 2.96. The molecule has 0 atom stereocenters. The smallest absolute Gasteiger partial charge is 0.326 e. The van der Waals surface area contributed by atoms with E-state index in [-0.39, 0.29) is 18.1 Å². The van der Waals surface area contributed by atoms with Crippen LogP contribution < -0.4 is 4.74 Å². The number of esters is 1. The lowest BCUT2D eigenvalue weighted by Gasteiger charge is -2.12. The fourth-order valence-electron chi connectivity index (χ4n) is 2.76. The summed E-state index contributed by atoms with van der Waals surface area (Å²) in [5, 5.41) is -0.480. The number of benzene rings is 2. The molecule has 0 unspecified atom stereocenters. The summed E-state index contributed by atoms with van der Waals surface area (Å²) in [5.74, 6) is -0.327. The largest absolute Gasteiger partial charge is 0.487 e. The average molecular weight is 663 g/mol. The number of thioether (sulfide) groups is 1. The lowest BCUT2D eigenvalue weighted by atomic mass is 10.1. The van der Waals surface area contributed by atoms with Gasteiger partial charge in [-0.2, -0.15) is 0 Å². The van der Waals surface area contributed by atoms with E-state index in [0.717, 1.165) is 40.7 Å². The van der Waals surface area contributed by atoms with Crippen molar-refractivity contribution in [3.05, 3.63) is 65.1 Å². The van der Waals surface area contributed by atoms with Crippen LogP contribution in [0, 0.1) is 14.1 Å². The maximum Gasteiger partial charge on any atom is 0.326 e. The van der Waals surface area contributed by atoms with Crippen molar-refractivity contribution in [3.8, 4) is 5.75 Å². The molecular formula is C22H19I2NO5S. The van der Waals surface area contributed by atoms with E-state index in [0.29, 0.717) is 6.61 Å². The zero-order valence-corrected chi connectivity index (χ0v) is 21.9. The van der Waals surface area contributed by atoms with Crippen molar-refractivity contribution < 1.29 is 23.9 Å². The van der Waals surface area contributed by atoms with E-state index in [9.17, 15) is 14.4 Å². The Bertz CT molecular complexity index is 1030. The van der Waals surface area contributed by atoms with E-state index in [2.05, 4.69) is 45.2 Å². The van der Waals surface area contributed by atoms with Crippen LogP contribution in [0.1, 0.15) is 23.6 Å². The third kappa shape index (κ3) is 6.22. The summed E-state index contributed by atoms with van der Waals surface area (Å²) in [5.41, 5.74) is 3.05. The molecule has 1 saturated heterocycles. The van der Waals surface area contributed by atoms with E-state index in [1.165, 1.54) is 5.56 Å². The van der Waals surface area contributed by atoms with Crippen LogP contribution in [0.2, 0.25) is 0 Å². The summed E-state index contributed by atoms with van der Waals surface area (Å²) in [6.07, 6.45) is 1.66. The van der Waals surface area contributed by atoms with Gasteiger partial charge >= 0.3 is 5.97 Å². The molecule has 3 rings (SSSR count). The standard InChI is InChI=1S/C22H19I2NO5S/c1-3-29-19(26)11-25-21(27)18(31-22(25)28)10-15-8-16(23)20(17(24)9-15)30-12-14-6-4-13(2)5-7-14/h4-10H,3,11-12H2,1-2H3/b18-10-. The van der Waals surface area contributed by atoms with Crippen LogP contribution in [0.3, 0.4) is 0 Å². The van der Waals surface area contributed by atoms with Gasteiger partial charge < -0.3 is 9.47 Å².